The first-order valence-corrected chi connectivity index (χ1v) is 10.2. The molecule has 0 unspecified atom stereocenters. The highest BCUT2D eigenvalue weighted by Crippen LogP contribution is 2.38. The molecule has 7 nitrogen and oxygen atoms in total. The molecule has 1 aliphatic rings. The molecule has 0 saturated carbocycles. The molecule has 1 N–H and O–H groups in total. The summed E-state index contributed by atoms with van der Waals surface area (Å²) < 4.78 is 10.7. The Morgan fingerprint density at radius 1 is 0.967 bits per heavy atom. The first-order valence-electron chi connectivity index (χ1n) is 9.19. The monoisotopic (exact) mass is 422 g/mol. The predicted octanol–water partition coefficient (Wildman–Crippen LogP) is 4.04. The van der Waals surface area contributed by atoms with E-state index in [1.807, 2.05) is 6.07 Å². The fourth-order valence-electron chi connectivity index (χ4n) is 3.11. The molecular weight excluding hydrogens is 404 g/mol. The minimum Gasteiger partial charge on any atom is -0.468 e. The zero-order chi connectivity index (χ0) is 21.1. The summed E-state index contributed by atoms with van der Waals surface area (Å²) in [4.78, 5) is 39.1. The summed E-state index contributed by atoms with van der Waals surface area (Å²) >= 11 is 1.26. The second-order valence-corrected chi connectivity index (χ2v) is 7.59. The molecule has 0 fully saturated rings. The molecule has 1 aromatic carbocycles. The normalized spacial score (nSPS) is 14.0. The van der Waals surface area contributed by atoms with Crippen molar-refractivity contribution in [2.75, 3.05) is 5.32 Å². The van der Waals surface area contributed by atoms with Crippen LogP contribution in [-0.2, 0) is 26.7 Å². The van der Waals surface area contributed by atoms with Crippen LogP contribution >= 0.6 is 11.8 Å². The molecule has 1 aliphatic heterocycles. The lowest BCUT2D eigenvalue weighted by Gasteiger charge is -2.13. The second kappa shape index (κ2) is 8.46. The van der Waals surface area contributed by atoms with Gasteiger partial charge >= 0.3 is 0 Å². The van der Waals surface area contributed by atoms with Crippen LogP contribution < -0.4 is 5.32 Å². The summed E-state index contributed by atoms with van der Waals surface area (Å²) in [5, 5.41) is 2.69. The Morgan fingerprint density at radius 2 is 1.63 bits per heavy atom. The first-order chi connectivity index (χ1) is 14.5. The van der Waals surface area contributed by atoms with Crippen LogP contribution in [0.2, 0.25) is 0 Å². The van der Waals surface area contributed by atoms with E-state index in [1.165, 1.54) is 29.8 Å². The lowest BCUT2D eigenvalue weighted by Crippen LogP contribution is -2.30. The molecule has 0 spiro atoms. The number of imide groups is 1. The number of carbonyl (C=O) groups excluding carboxylic acids is 3. The molecule has 3 heterocycles. The van der Waals surface area contributed by atoms with E-state index in [-0.39, 0.29) is 24.3 Å². The Kier molecular flexibility index (Phi) is 5.58. The molecule has 2 aromatic heterocycles. The van der Waals surface area contributed by atoms with Gasteiger partial charge in [0.15, 0.2) is 0 Å². The van der Waals surface area contributed by atoms with Gasteiger partial charge in [-0.3, -0.25) is 19.3 Å². The summed E-state index contributed by atoms with van der Waals surface area (Å²) in [6.45, 7) is 1.48. The smallest absolute Gasteiger partial charge is 0.268 e. The largest absolute Gasteiger partial charge is 0.468 e. The van der Waals surface area contributed by atoms with Gasteiger partial charge in [0.25, 0.3) is 11.8 Å². The highest BCUT2D eigenvalue weighted by molar-refractivity contribution is 8.03. The Labute approximate surface area is 176 Å². The summed E-state index contributed by atoms with van der Waals surface area (Å²) in [5.74, 6) is 0.712. The SMILES string of the molecule is CC(=O)Nc1ccc(C2=C(SCc3ccco3)C(=O)N(Cc3ccco3)C2=O)cc1. The molecule has 0 radical (unpaired) electrons. The third-order valence-electron chi connectivity index (χ3n) is 4.45. The third-order valence-corrected chi connectivity index (χ3v) is 5.55. The standard InChI is InChI=1S/C22H18N2O5S/c1-14(25)23-16-8-6-15(7-9-16)19-20(30-13-18-5-3-11-29-18)22(27)24(21(19)26)12-17-4-2-10-28-17/h2-11H,12-13H2,1H3,(H,23,25). The van der Waals surface area contributed by atoms with Crippen LogP contribution in [0.1, 0.15) is 24.0 Å². The lowest BCUT2D eigenvalue weighted by atomic mass is 10.1. The molecule has 3 aromatic rings. The number of benzene rings is 1. The van der Waals surface area contributed by atoms with Crippen LogP contribution in [0.25, 0.3) is 5.57 Å². The van der Waals surface area contributed by atoms with Crippen molar-refractivity contribution in [3.8, 4) is 0 Å². The van der Waals surface area contributed by atoms with Gasteiger partial charge in [-0.15, -0.1) is 11.8 Å². The van der Waals surface area contributed by atoms with Gasteiger partial charge in [-0.05, 0) is 42.0 Å². The van der Waals surface area contributed by atoms with Crippen molar-refractivity contribution in [2.45, 2.75) is 19.2 Å². The average molecular weight is 422 g/mol. The Hall–Kier alpha value is -3.52. The van der Waals surface area contributed by atoms with Gasteiger partial charge in [-0.25, -0.2) is 0 Å². The molecule has 4 rings (SSSR count). The van der Waals surface area contributed by atoms with Gasteiger partial charge in [0.05, 0.1) is 35.3 Å². The Morgan fingerprint density at radius 3 is 2.23 bits per heavy atom. The van der Waals surface area contributed by atoms with Crippen molar-refractivity contribution in [2.24, 2.45) is 0 Å². The van der Waals surface area contributed by atoms with Gasteiger partial charge in [0, 0.05) is 12.6 Å². The number of hydrogen-bond donors (Lipinski definition) is 1. The minimum absolute atomic E-state index is 0.0585. The first kappa shape index (κ1) is 19.8. The van der Waals surface area contributed by atoms with Crippen molar-refractivity contribution < 1.29 is 23.2 Å². The number of nitrogens with zero attached hydrogens (tertiary/aromatic N) is 1. The van der Waals surface area contributed by atoms with E-state index in [2.05, 4.69) is 5.32 Å². The van der Waals surface area contributed by atoms with Crippen LogP contribution in [0, 0.1) is 0 Å². The summed E-state index contributed by atoms with van der Waals surface area (Å²) in [6.07, 6.45) is 3.07. The van der Waals surface area contributed by atoms with Gasteiger partial charge in [0.2, 0.25) is 5.91 Å². The Balaban J connectivity index is 1.65. The van der Waals surface area contributed by atoms with Crippen molar-refractivity contribution in [1.29, 1.82) is 0 Å². The third kappa shape index (κ3) is 4.08. The van der Waals surface area contributed by atoms with Crippen LogP contribution in [-0.4, -0.2) is 22.6 Å². The number of hydrogen-bond acceptors (Lipinski definition) is 6. The van der Waals surface area contributed by atoms with E-state index < -0.39 is 0 Å². The molecule has 0 saturated heterocycles. The minimum atomic E-state index is -0.384. The lowest BCUT2D eigenvalue weighted by molar-refractivity contribution is -0.137. The highest BCUT2D eigenvalue weighted by atomic mass is 32.2. The molecule has 0 atom stereocenters. The fourth-order valence-corrected chi connectivity index (χ4v) is 4.14. The number of nitrogens with one attached hydrogen (secondary N) is 1. The number of amides is 3. The quantitative estimate of drug-likeness (QED) is 0.578. The van der Waals surface area contributed by atoms with Crippen molar-refractivity contribution in [3.63, 3.8) is 0 Å². The van der Waals surface area contributed by atoms with Gasteiger partial charge in [-0.1, -0.05) is 12.1 Å². The molecule has 30 heavy (non-hydrogen) atoms. The van der Waals surface area contributed by atoms with Gasteiger partial charge in [-0.2, -0.15) is 0 Å². The maximum atomic E-state index is 13.2. The van der Waals surface area contributed by atoms with E-state index in [9.17, 15) is 14.4 Å². The average Bonchev–Trinajstić information content (AvgIpc) is 3.46. The highest BCUT2D eigenvalue weighted by Gasteiger charge is 2.39. The molecule has 0 bridgehead atoms. The molecule has 0 aliphatic carbocycles. The zero-order valence-electron chi connectivity index (χ0n) is 16.1. The number of furan rings is 2. The predicted molar refractivity (Wildman–Crippen MR) is 112 cm³/mol. The molecular formula is C22H18N2O5S. The van der Waals surface area contributed by atoms with Crippen LogP contribution in [0.15, 0.2) is 74.8 Å². The van der Waals surface area contributed by atoms with Gasteiger partial charge < -0.3 is 14.2 Å². The summed E-state index contributed by atoms with van der Waals surface area (Å²) in [7, 11) is 0. The molecule has 152 valence electrons. The summed E-state index contributed by atoms with van der Waals surface area (Å²) in [6, 6.07) is 13.9. The maximum Gasteiger partial charge on any atom is 0.268 e. The zero-order valence-corrected chi connectivity index (χ0v) is 16.9. The Bertz CT molecular complexity index is 1100. The van der Waals surface area contributed by atoms with Gasteiger partial charge in [0.1, 0.15) is 11.5 Å². The van der Waals surface area contributed by atoms with Crippen molar-refractivity contribution in [1.82, 2.24) is 4.90 Å². The van der Waals surface area contributed by atoms with Crippen LogP contribution in [0.3, 0.4) is 0 Å². The number of carbonyl (C=O) groups is 3. The van der Waals surface area contributed by atoms with Crippen LogP contribution in [0.4, 0.5) is 5.69 Å². The maximum absolute atomic E-state index is 13.2. The van der Waals surface area contributed by atoms with E-state index >= 15 is 0 Å². The summed E-state index contributed by atoms with van der Waals surface area (Å²) in [5.41, 5.74) is 1.55. The van der Waals surface area contributed by atoms with Crippen molar-refractivity contribution >= 4 is 40.7 Å². The van der Waals surface area contributed by atoms with Crippen LogP contribution in [0.5, 0.6) is 0 Å². The van der Waals surface area contributed by atoms with E-state index in [0.29, 0.717) is 39.0 Å². The number of anilines is 1. The fraction of sp³-hybridized carbons (Fsp3) is 0.136. The van der Waals surface area contributed by atoms with E-state index in [4.69, 9.17) is 8.83 Å². The molecule has 8 heteroatoms. The van der Waals surface area contributed by atoms with E-state index in [1.54, 1.807) is 48.7 Å². The number of rotatable bonds is 7. The van der Waals surface area contributed by atoms with Crippen molar-refractivity contribution in [3.05, 3.63) is 83.0 Å². The molecule has 3 amide bonds. The van der Waals surface area contributed by atoms with E-state index in [0.717, 1.165) is 0 Å². The topological polar surface area (TPSA) is 92.8 Å². The second-order valence-electron chi connectivity index (χ2n) is 6.61. The number of thioether (sulfide) groups is 1.